The summed E-state index contributed by atoms with van der Waals surface area (Å²) in [5, 5.41) is 0. The highest BCUT2D eigenvalue weighted by Crippen LogP contribution is 2.17. The summed E-state index contributed by atoms with van der Waals surface area (Å²) in [7, 11) is 0. The van der Waals surface area contributed by atoms with Crippen LogP contribution in [0.4, 0.5) is 0 Å². The minimum atomic E-state index is -0.196. The number of hydrogen-bond acceptors (Lipinski definition) is 4. The number of aryl methyl sites for hydroxylation is 1. The summed E-state index contributed by atoms with van der Waals surface area (Å²) in [4.78, 5) is 21.5. The highest BCUT2D eigenvalue weighted by Gasteiger charge is 2.30. The second-order valence-corrected chi connectivity index (χ2v) is 6.76. The zero-order valence-corrected chi connectivity index (χ0v) is 14.1. The van der Waals surface area contributed by atoms with Crippen LogP contribution in [0.5, 0.6) is 0 Å². The quantitative estimate of drug-likeness (QED) is 0.856. The lowest BCUT2D eigenvalue weighted by Crippen LogP contribution is -2.51. The standard InChI is InChI=1S/C18H24N4O2/c1-14-4-2-6-22-13-15(19-17(14)22)12-20-7-9-21(10-8-20)18(23)16-5-3-11-24-16/h2,4,6,13,16H,3,5,7-12H2,1H3/t16-/m1/s1. The van der Waals surface area contributed by atoms with Gasteiger partial charge in [0.1, 0.15) is 11.8 Å². The molecular weight excluding hydrogens is 304 g/mol. The first-order valence-corrected chi connectivity index (χ1v) is 8.76. The van der Waals surface area contributed by atoms with Gasteiger partial charge in [-0.3, -0.25) is 9.69 Å². The lowest BCUT2D eigenvalue weighted by atomic mass is 10.2. The maximum absolute atomic E-state index is 12.4. The molecule has 1 atom stereocenters. The van der Waals surface area contributed by atoms with E-state index in [0.717, 1.165) is 63.5 Å². The monoisotopic (exact) mass is 328 g/mol. The third-order valence-electron chi connectivity index (χ3n) is 5.00. The summed E-state index contributed by atoms with van der Waals surface area (Å²) in [6.45, 7) is 7.00. The van der Waals surface area contributed by atoms with E-state index in [1.807, 2.05) is 17.2 Å². The number of rotatable bonds is 3. The van der Waals surface area contributed by atoms with Crippen LogP contribution < -0.4 is 0 Å². The van der Waals surface area contributed by atoms with Gasteiger partial charge in [-0.25, -0.2) is 4.98 Å². The van der Waals surface area contributed by atoms with Crippen LogP contribution in [0, 0.1) is 6.92 Å². The molecule has 0 radical (unpaired) electrons. The summed E-state index contributed by atoms with van der Waals surface area (Å²) in [6, 6.07) is 4.13. The largest absolute Gasteiger partial charge is 0.368 e. The number of ether oxygens (including phenoxy) is 1. The molecule has 6 heteroatoms. The molecule has 0 aromatic carbocycles. The molecular formula is C18H24N4O2. The Bertz CT molecular complexity index is 728. The van der Waals surface area contributed by atoms with Crippen molar-refractivity contribution in [3.63, 3.8) is 0 Å². The average Bonchev–Trinajstić information content (AvgIpc) is 3.25. The van der Waals surface area contributed by atoms with Crippen LogP contribution in [0.15, 0.2) is 24.5 Å². The zero-order valence-electron chi connectivity index (χ0n) is 14.1. The maximum atomic E-state index is 12.4. The number of amides is 1. The summed E-state index contributed by atoms with van der Waals surface area (Å²) in [6.07, 6.45) is 5.82. The minimum absolute atomic E-state index is 0.176. The van der Waals surface area contributed by atoms with Gasteiger partial charge >= 0.3 is 0 Å². The Morgan fingerprint density at radius 3 is 2.88 bits per heavy atom. The summed E-state index contributed by atoms with van der Waals surface area (Å²) in [5.41, 5.74) is 3.30. The molecule has 2 saturated heterocycles. The van der Waals surface area contributed by atoms with Crippen LogP contribution in [0.2, 0.25) is 0 Å². The second kappa shape index (κ2) is 6.53. The molecule has 0 N–H and O–H groups in total. The van der Waals surface area contributed by atoms with Gasteiger partial charge in [0.2, 0.25) is 0 Å². The number of carbonyl (C=O) groups excluding carboxylic acids is 1. The lowest BCUT2D eigenvalue weighted by Gasteiger charge is -2.35. The molecule has 2 aliphatic heterocycles. The van der Waals surface area contributed by atoms with Crippen molar-refractivity contribution in [3.8, 4) is 0 Å². The van der Waals surface area contributed by atoms with E-state index in [9.17, 15) is 4.79 Å². The van der Waals surface area contributed by atoms with Crippen LogP contribution in [0.1, 0.15) is 24.1 Å². The minimum Gasteiger partial charge on any atom is -0.368 e. The summed E-state index contributed by atoms with van der Waals surface area (Å²) in [5.74, 6) is 0.176. The van der Waals surface area contributed by atoms with Crippen molar-refractivity contribution in [2.24, 2.45) is 0 Å². The van der Waals surface area contributed by atoms with Crippen molar-refractivity contribution < 1.29 is 9.53 Å². The van der Waals surface area contributed by atoms with Gasteiger partial charge < -0.3 is 14.0 Å². The summed E-state index contributed by atoms with van der Waals surface area (Å²) >= 11 is 0. The molecule has 0 spiro atoms. The molecule has 2 fully saturated rings. The summed E-state index contributed by atoms with van der Waals surface area (Å²) < 4.78 is 7.60. The first kappa shape index (κ1) is 15.6. The Labute approximate surface area is 142 Å². The Kier molecular flexibility index (Phi) is 4.24. The van der Waals surface area contributed by atoms with Crippen LogP contribution in [0.3, 0.4) is 0 Å². The Morgan fingerprint density at radius 2 is 2.17 bits per heavy atom. The fourth-order valence-corrected chi connectivity index (χ4v) is 3.61. The number of nitrogens with zero attached hydrogens (tertiary/aromatic N) is 4. The van der Waals surface area contributed by atoms with Gasteiger partial charge in [0.05, 0.1) is 5.69 Å². The first-order chi connectivity index (χ1) is 11.7. The van der Waals surface area contributed by atoms with Crippen molar-refractivity contribution >= 4 is 11.6 Å². The van der Waals surface area contributed by atoms with Crippen LogP contribution >= 0.6 is 0 Å². The molecule has 6 nitrogen and oxygen atoms in total. The number of hydrogen-bond donors (Lipinski definition) is 0. The van der Waals surface area contributed by atoms with E-state index in [1.54, 1.807) is 0 Å². The van der Waals surface area contributed by atoms with Crippen LogP contribution in [0.25, 0.3) is 5.65 Å². The second-order valence-electron chi connectivity index (χ2n) is 6.76. The van der Waals surface area contributed by atoms with Crippen LogP contribution in [-0.2, 0) is 16.1 Å². The molecule has 2 aromatic heterocycles. The van der Waals surface area contributed by atoms with E-state index in [2.05, 4.69) is 28.5 Å². The topological polar surface area (TPSA) is 50.1 Å². The Morgan fingerprint density at radius 1 is 1.33 bits per heavy atom. The molecule has 24 heavy (non-hydrogen) atoms. The normalized spacial score (nSPS) is 22.4. The fourth-order valence-electron chi connectivity index (χ4n) is 3.61. The Hall–Kier alpha value is -1.92. The first-order valence-electron chi connectivity index (χ1n) is 8.76. The number of carbonyl (C=O) groups is 1. The number of fused-ring (bicyclic) bond motifs is 1. The van der Waals surface area contributed by atoms with Crippen molar-refractivity contribution in [1.82, 2.24) is 19.2 Å². The van der Waals surface area contributed by atoms with E-state index in [4.69, 9.17) is 9.72 Å². The number of imidazole rings is 1. The van der Waals surface area contributed by atoms with E-state index in [1.165, 1.54) is 5.56 Å². The SMILES string of the molecule is Cc1cccn2cc(CN3CCN(C(=O)[C@H]4CCCO4)CC3)nc12. The molecule has 2 aromatic rings. The van der Waals surface area contributed by atoms with Gasteiger partial charge in [-0.2, -0.15) is 0 Å². The molecule has 4 rings (SSSR count). The number of pyridine rings is 1. The van der Waals surface area contributed by atoms with Crippen molar-refractivity contribution in [3.05, 3.63) is 35.8 Å². The number of aromatic nitrogens is 2. The molecule has 2 aliphatic rings. The highest BCUT2D eigenvalue weighted by atomic mass is 16.5. The molecule has 1 amide bonds. The zero-order chi connectivity index (χ0) is 16.5. The highest BCUT2D eigenvalue weighted by molar-refractivity contribution is 5.81. The molecule has 0 saturated carbocycles. The third-order valence-corrected chi connectivity index (χ3v) is 5.00. The predicted octanol–water partition coefficient (Wildman–Crippen LogP) is 1.47. The van der Waals surface area contributed by atoms with E-state index >= 15 is 0 Å². The maximum Gasteiger partial charge on any atom is 0.251 e. The molecule has 0 unspecified atom stereocenters. The van der Waals surface area contributed by atoms with Gasteiger partial charge in [0.25, 0.3) is 5.91 Å². The van der Waals surface area contributed by atoms with Gasteiger partial charge in [0, 0.05) is 51.7 Å². The van der Waals surface area contributed by atoms with Gasteiger partial charge in [-0.1, -0.05) is 6.07 Å². The third kappa shape index (κ3) is 3.03. The smallest absolute Gasteiger partial charge is 0.251 e. The predicted molar refractivity (Wildman–Crippen MR) is 90.8 cm³/mol. The van der Waals surface area contributed by atoms with Crippen molar-refractivity contribution in [1.29, 1.82) is 0 Å². The van der Waals surface area contributed by atoms with E-state index in [-0.39, 0.29) is 12.0 Å². The molecule has 0 bridgehead atoms. The van der Waals surface area contributed by atoms with E-state index in [0.29, 0.717) is 0 Å². The number of piperazine rings is 1. The van der Waals surface area contributed by atoms with Gasteiger partial charge in [-0.05, 0) is 31.4 Å². The van der Waals surface area contributed by atoms with Crippen molar-refractivity contribution in [2.75, 3.05) is 32.8 Å². The van der Waals surface area contributed by atoms with E-state index < -0.39 is 0 Å². The van der Waals surface area contributed by atoms with Gasteiger partial charge in [-0.15, -0.1) is 0 Å². The van der Waals surface area contributed by atoms with Gasteiger partial charge in [0.15, 0.2) is 0 Å². The Balaban J connectivity index is 1.35. The van der Waals surface area contributed by atoms with Crippen LogP contribution in [-0.4, -0.2) is 64.0 Å². The molecule has 0 aliphatic carbocycles. The average molecular weight is 328 g/mol. The molecule has 4 heterocycles. The molecule has 128 valence electrons. The lowest BCUT2D eigenvalue weighted by molar-refractivity contribution is -0.142. The van der Waals surface area contributed by atoms with Crippen molar-refractivity contribution in [2.45, 2.75) is 32.4 Å². The fraction of sp³-hybridized carbons (Fsp3) is 0.556.